The molecule has 1 fully saturated rings. The third kappa shape index (κ3) is 4.26. The summed E-state index contributed by atoms with van der Waals surface area (Å²) in [6, 6.07) is 9.53. The van der Waals surface area contributed by atoms with Gasteiger partial charge < -0.3 is 43.8 Å². The van der Waals surface area contributed by atoms with E-state index in [0.717, 1.165) is 0 Å². The molecule has 4 N–H and O–H groups in total. The number of methoxy groups -OCH3 is 2. The SMILES string of the molecule is COc1cc(OC)c2c(=O)c(-c3ccc(O[C@H]4O[C@@H](CO)[C@@H](O)[C@@H](O)[C@H]4O)cc3)coc2c1. The minimum Gasteiger partial charge on any atom is -0.496 e. The molecule has 1 aliphatic heterocycles. The zero-order valence-electron chi connectivity index (χ0n) is 17.9. The normalized spacial score (nSPS) is 25.1. The first-order valence-electron chi connectivity index (χ1n) is 10.1. The number of ether oxygens (including phenoxy) is 4. The van der Waals surface area contributed by atoms with Crippen molar-refractivity contribution in [1.82, 2.24) is 0 Å². The summed E-state index contributed by atoms with van der Waals surface area (Å²) in [6.07, 6.45) is -5.59. The fourth-order valence-electron chi connectivity index (χ4n) is 3.68. The van der Waals surface area contributed by atoms with Gasteiger partial charge >= 0.3 is 0 Å². The third-order valence-electron chi connectivity index (χ3n) is 5.54. The highest BCUT2D eigenvalue weighted by Crippen LogP contribution is 2.32. The monoisotopic (exact) mass is 460 g/mol. The average Bonchev–Trinajstić information content (AvgIpc) is 2.84. The molecule has 1 aliphatic rings. The first-order chi connectivity index (χ1) is 15.9. The van der Waals surface area contributed by atoms with Crippen LogP contribution in [0.4, 0.5) is 0 Å². The number of benzene rings is 2. The Labute approximate surface area is 188 Å². The highest BCUT2D eigenvalue weighted by atomic mass is 16.7. The average molecular weight is 460 g/mol. The van der Waals surface area contributed by atoms with Gasteiger partial charge in [-0.1, -0.05) is 12.1 Å². The predicted molar refractivity (Wildman–Crippen MR) is 115 cm³/mol. The fourth-order valence-corrected chi connectivity index (χ4v) is 3.68. The second-order valence-corrected chi connectivity index (χ2v) is 7.52. The molecule has 0 radical (unpaired) electrons. The van der Waals surface area contributed by atoms with E-state index in [4.69, 9.17) is 23.4 Å². The molecule has 0 unspecified atom stereocenters. The summed E-state index contributed by atoms with van der Waals surface area (Å²) in [5.74, 6) is 1.09. The molecule has 1 aromatic heterocycles. The number of hydrogen-bond acceptors (Lipinski definition) is 10. The highest BCUT2D eigenvalue weighted by molar-refractivity contribution is 5.88. The van der Waals surface area contributed by atoms with Crippen LogP contribution in [-0.2, 0) is 4.74 Å². The van der Waals surface area contributed by atoms with Gasteiger partial charge in [-0.25, -0.2) is 0 Å². The zero-order valence-corrected chi connectivity index (χ0v) is 17.9. The highest BCUT2D eigenvalue weighted by Gasteiger charge is 2.44. The number of fused-ring (bicyclic) bond motifs is 1. The molecule has 0 saturated carbocycles. The van der Waals surface area contributed by atoms with E-state index in [2.05, 4.69) is 0 Å². The summed E-state index contributed by atoms with van der Waals surface area (Å²) >= 11 is 0. The van der Waals surface area contributed by atoms with Gasteiger partial charge in [-0.05, 0) is 17.7 Å². The van der Waals surface area contributed by atoms with Crippen LogP contribution in [0.25, 0.3) is 22.1 Å². The predicted octanol–water partition coefficient (Wildman–Crippen LogP) is 0.656. The fraction of sp³-hybridized carbons (Fsp3) is 0.348. The van der Waals surface area contributed by atoms with Gasteiger partial charge in [0.2, 0.25) is 11.7 Å². The van der Waals surface area contributed by atoms with E-state index in [1.165, 1.54) is 20.5 Å². The van der Waals surface area contributed by atoms with Gasteiger partial charge in [0.1, 0.15) is 58.9 Å². The van der Waals surface area contributed by atoms with Crippen LogP contribution in [0, 0.1) is 0 Å². The summed E-state index contributed by atoms with van der Waals surface area (Å²) in [5, 5.41) is 39.5. The van der Waals surface area contributed by atoms with Crippen LogP contribution >= 0.6 is 0 Å². The molecule has 176 valence electrons. The zero-order chi connectivity index (χ0) is 23.7. The van der Waals surface area contributed by atoms with E-state index in [-0.39, 0.29) is 16.6 Å². The molecule has 3 aromatic rings. The van der Waals surface area contributed by atoms with E-state index >= 15 is 0 Å². The number of aliphatic hydroxyl groups excluding tert-OH is 4. The third-order valence-corrected chi connectivity index (χ3v) is 5.54. The van der Waals surface area contributed by atoms with Crippen molar-refractivity contribution in [3.8, 4) is 28.4 Å². The molecule has 0 spiro atoms. The van der Waals surface area contributed by atoms with Crippen molar-refractivity contribution >= 4 is 11.0 Å². The van der Waals surface area contributed by atoms with Crippen LogP contribution in [-0.4, -0.2) is 72.0 Å². The molecule has 1 saturated heterocycles. The Balaban J connectivity index is 1.61. The Morgan fingerprint density at radius 1 is 0.939 bits per heavy atom. The second kappa shape index (κ2) is 9.38. The number of hydrogen-bond donors (Lipinski definition) is 4. The van der Waals surface area contributed by atoms with Gasteiger partial charge in [-0.15, -0.1) is 0 Å². The van der Waals surface area contributed by atoms with Crippen molar-refractivity contribution in [2.75, 3.05) is 20.8 Å². The molecular weight excluding hydrogens is 436 g/mol. The van der Waals surface area contributed by atoms with E-state index in [1.807, 2.05) is 0 Å². The van der Waals surface area contributed by atoms with E-state index in [0.29, 0.717) is 28.2 Å². The van der Waals surface area contributed by atoms with Gasteiger partial charge in [0.25, 0.3) is 0 Å². The minimum atomic E-state index is -1.55. The minimum absolute atomic E-state index is 0.274. The van der Waals surface area contributed by atoms with Crippen molar-refractivity contribution in [3.63, 3.8) is 0 Å². The van der Waals surface area contributed by atoms with Gasteiger partial charge in [0, 0.05) is 12.1 Å². The van der Waals surface area contributed by atoms with Crippen LogP contribution in [0.1, 0.15) is 0 Å². The van der Waals surface area contributed by atoms with Crippen LogP contribution in [0.15, 0.2) is 51.9 Å². The van der Waals surface area contributed by atoms with Crippen molar-refractivity contribution in [2.24, 2.45) is 0 Å². The maximum absolute atomic E-state index is 13.1. The first-order valence-corrected chi connectivity index (χ1v) is 10.1. The molecular formula is C23H24O10. The van der Waals surface area contributed by atoms with Crippen LogP contribution < -0.4 is 19.6 Å². The van der Waals surface area contributed by atoms with E-state index < -0.39 is 37.3 Å². The van der Waals surface area contributed by atoms with Gasteiger partial charge in [0.15, 0.2) is 0 Å². The van der Waals surface area contributed by atoms with Crippen molar-refractivity contribution < 1.29 is 43.8 Å². The second-order valence-electron chi connectivity index (χ2n) is 7.52. The quantitative estimate of drug-likeness (QED) is 0.413. The Morgan fingerprint density at radius 3 is 2.30 bits per heavy atom. The molecule has 0 amide bonds. The molecule has 4 rings (SSSR count). The maximum atomic E-state index is 13.1. The Morgan fingerprint density at radius 2 is 1.67 bits per heavy atom. The Bertz CT molecular complexity index is 1170. The lowest BCUT2D eigenvalue weighted by Gasteiger charge is -2.39. The van der Waals surface area contributed by atoms with Crippen molar-refractivity contribution in [1.29, 1.82) is 0 Å². The lowest BCUT2D eigenvalue weighted by atomic mass is 9.99. The molecule has 0 aliphatic carbocycles. The van der Waals surface area contributed by atoms with Crippen molar-refractivity contribution in [3.05, 3.63) is 52.9 Å². The standard InChI is InChI=1S/C23H24O10/c1-29-13-7-15(30-2)18-16(8-13)31-10-14(19(18)25)11-3-5-12(6-4-11)32-23-22(28)21(27)20(26)17(9-24)33-23/h3-8,10,17,20-24,26-28H,9H2,1-2H3/t17-,20+,21+,22+,23-/m0/s1. The van der Waals surface area contributed by atoms with Gasteiger partial charge in [0.05, 0.1) is 26.4 Å². The topological polar surface area (TPSA) is 148 Å². The summed E-state index contributed by atoms with van der Waals surface area (Å²) in [5.41, 5.74) is 0.871. The van der Waals surface area contributed by atoms with Gasteiger partial charge in [-0.3, -0.25) is 4.79 Å². The number of rotatable bonds is 6. The maximum Gasteiger partial charge on any atom is 0.229 e. The number of aliphatic hydroxyl groups is 4. The van der Waals surface area contributed by atoms with Crippen LogP contribution in [0.3, 0.4) is 0 Å². The molecule has 2 heterocycles. The first kappa shape index (κ1) is 23.0. The molecule has 33 heavy (non-hydrogen) atoms. The largest absolute Gasteiger partial charge is 0.496 e. The molecule has 10 heteroatoms. The van der Waals surface area contributed by atoms with Crippen LogP contribution in [0.2, 0.25) is 0 Å². The smallest absolute Gasteiger partial charge is 0.229 e. The van der Waals surface area contributed by atoms with E-state index in [9.17, 15) is 25.2 Å². The lowest BCUT2D eigenvalue weighted by Crippen LogP contribution is -2.60. The molecule has 5 atom stereocenters. The van der Waals surface area contributed by atoms with Crippen LogP contribution in [0.5, 0.6) is 17.2 Å². The lowest BCUT2D eigenvalue weighted by molar-refractivity contribution is -0.277. The Hall–Kier alpha value is -3.15. The summed E-state index contributed by atoms with van der Waals surface area (Å²) in [6.45, 7) is -0.559. The van der Waals surface area contributed by atoms with Crippen molar-refractivity contribution in [2.45, 2.75) is 30.7 Å². The summed E-state index contributed by atoms with van der Waals surface area (Å²) in [4.78, 5) is 13.1. The Kier molecular flexibility index (Phi) is 6.54. The van der Waals surface area contributed by atoms with E-state index in [1.54, 1.807) is 36.4 Å². The molecule has 10 nitrogen and oxygen atoms in total. The summed E-state index contributed by atoms with van der Waals surface area (Å²) < 4.78 is 27.1. The van der Waals surface area contributed by atoms with Gasteiger partial charge in [-0.2, -0.15) is 0 Å². The molecule has 2 aromatic carbocycles. The molecule has 0 bridgehead atoms. The summed E-state index contributed by atoms with van der Waals surface area (Å²) in [7, 11) is 2.95.